The Labute approximate surface area is 114 Å². The number of aryl methyl sites for hydroxylation is 1. The van der Waals surface area contributed by atoms with E-state index in [4.69, 9.17) is 5.73 Å². The molecule has 1 aliphatic heterocycles. The molecule has 1 aliphatic carbocycles. The Kier molecular flexibility index (Phi) is 3.17. The van der Waals surface area contributed by atoms with Crippen molar-refractivity contribution in [1.82, 2.24) is 0 Å². The van der Waals surface area contributed by atoms with Crippen LogP contribution >= 0.6 is 0 Å². The minimum Gasteiger partial charge on any atom is -0.399 e. The SMILES string of the molecule is Nc1ccc2c(c1)N(S(=O)(=O)C1CCCC1)CCC2. The zero-order chi connectivity index (χ0) is 13.5. The first-order chi connectivity index (χ1) is 9.09. The monoisotopic (exact) mass is 280 g/mol. The number of hydrogen-bond donors (Lipinski definition) is 1. The molecule has 0 aromatic heterocycles. The standard InChI is InChI=1S/C14H20N2O2S/c15-12-8-7-11-4-3-9-16(14(11)10-12)19(17,18)13-5-1-2-6-13/h7-8,10,13H,1-6,9,15H2. The molecule has 0 radical (unpaired) electrons. The lowest BCUT2D eigenvalue weighted by atomic mass is 10.0. The Morgan fingerprint density at radius 3 is 2.63 bits per heavy atom. The second-order valence-corrected chi connectivity index (χ2v) is 7.65. The molecular formula is C14H20N2O2S. The van der Waals surface area contributed by atoms with Gasteiger partial charge in [0.15, 0.2) is 0 Å². The van der Waals surface area contributed by atoms with Gasteiger partial charge in [-0.3, -0.25) is 4.31 Å². The van der Waals surface area contributed by atoms with Gasteiger partial charge in [-0.2, -0.15) is 0 Å². The van der Waals surface area contributed by atoms with Crippen LogP contribution in [0.15, 0.2) is 18.2 Å². The molecule has 19 heavy (non-hydrogen) atoms. The summed E-state index contributed by atoms with van der Waals surface area (Å²) in [6.45, 7) is 0.593. The molecule has 4 nitrogen and oxygen atoms in total. The molecule has 1 fully saturated rings. The fourth-order valence-corrected chi connectivity index (χ4v) is 5.31. The number of nitrogen functional groups attached to an aromatic ring is 1. The summed E-state index contributed by atoms with van der Waals surface area (Å²) >= 11 is 0. The number of nitrogens with two attached hydrogens (primary N) is 1. The molecule has 0 saturated heterocycles. The van der Waals surface area contributed by atoms with Crippen molar-refractivity contribution in [3.8, 4) is 0 Å². The molecule has 0 amide bonds. The molecule has 0 atom stereocenters. The van der Waals surface area contributed by atoms with Gasteiger partial charge in [0.2, 0.25) is 10.0 Å². The van der Waals surface area contributed by atoms with Crippen LogP contribution in [0.5, 0.6) is 0 Å². The largest absolute Gasteiger partial charge is 0.399 e. The molecule has 0 bridgehead atoms. The van der Waals surface area contributed by atoms with E-state index in [9.17, 15) is 8.42 Å². The lowest BCUT2D eigenvalue weighted by molar-refractivity contribution is 0.570. The zero-order valence-electron chi connectivity index (χ0n) is 11.0. The van der Waals surface area contributed by atoms with Crippen molar-refractivity contribution in [1.29, 1.82) is 0 Å². The third-order valence-electron chi connectivity index (χ3n) is 4.22. The van der Waals surface area contributed by atoms with Crippen LogP contribution in [-0.4, -0.2) is 20.2 Å². The summed E-state index contributed by atoms with van der Waals surface area (Å²) in [7, 11) is -3.21. The maximum absolute atomic E-state index is 12.7. The van der Waals surface area contributed by atoms with Crippen molar-refractivity contribution in [3.05, 3.63) is 23.8 Å². The van der Waals surface area contributed by atoms with Gasteiger partial charge in [-0.1, -0.05) is 18.9 Å². The van der Waals surface area contributed by atoms with Crippen molar-refractivity contribution in [2.45, 2.75) is 43.8 Å². The Morgan fingerprint density at radius 1 is 1.16 bits per heavy atom. The van der Waals surface area contributed by atoms with Crippen LogP contribution in [-0.2, 0) is 16.4 Å². The van der Waals surface area contributed by atoms with Crippen LogP contribution in [0.25, 0.3) is 0 Å². The van der Waals surface area contributed by atoms with Gasteiger partial charge in [-0.05, 0) is 43.4 Å². The first-order valence-corrected chi connectivity index (χ1v) is 8.49. The van der Waals surface area contributed by atoms with Crippen LogP contribution in [0.4, 0.5) is 11.4 Å². The summed E-state index contributed by atoms with van der Waals surface area (Å²) in [6.07, 6.45) is 5.49. The number of rotatable bonds is 2. The first-order valence-electron chi connectivity index (χ1n) is 6.99. The maximum Gasteiger partial charge on any atom is 0.238 e. The van der Waals surface area contributed by atoms with Crippen LogP contribution in [0.2, 0.25) is 0 Å². The summed E-state index contributed by atoms with van der Waals surface area (Å²) in [5.41, 5.74) is 8.35. The molecule has 0 spiro atoms. The van der Waals surface area contributed by atoms with E-state index >= 15 is 0 Å². The molecule has 2 aliphatic rings. The van der Waals surface area contributed by atoms with Crippen molar-refractivity contribution in [3.63, 3.8) is 0 Å². The Morgan fingerprint density at radius 2 is 1.89 bits per heavy atom. The first kappa shape index (κ1) is 12.8. The predicted molar refractivity (Wildman–Crippen MR) is 77.7 cm³/mol. The number of anilines is 2. The molecule has 3 rings (SSSR count). The van der Waals surface area contributed by atoms with E-state index in [-0.39, 0.29) is 5.25 Å². The van der Waals surface area contributed by atoms with Gasteiger partial charge in [0.25, 0.3) is 0 Å². The highest BCUT2D eigenvalue weighted by Gasteiger charge is 2.36. The van der Waals surface area contributed by atoms with Gasteiger partial charge >= 0.3 is 0 Å². The summed E-state index contributed by atoms with van der Waals surface area (Å²) in [6, 6.07) is 5.62. The Balaban J connectivity index is 2.01. The Bertz CT molecular complexity index is 577. The van der Waals surface area contributed by atoms with Crippen LogP contribution in [0, 0.1) is 0 Å². The molecular weight excluding hydrogens is 260 g/mol. The fourth-order valence-electron chi connectivity index (χ4n) is 3.19. The smallest absolute Gasteiger partial charge is 0.238 e. The van der Waals surface area contributed by atoms with Crippen LogP contribution in [0.3, 0.4) is 0 Å². The third kappa shape index (κ3) is 2.20. The highest BCUT2D eigenvalue weighted by Crippen LogP contribution is 2.35. The molecule has 2 N–H and O–H groups in total. The minimum atomic E-state index is -3.21. The minimum absolute atomic E-state index is 0.195. The zero-order valence-corrected chi connectivity index (χ0v) is 11.8. The summed E-state index contributed by atoms with van der Waals surface area (Å²) in [5, 5.41) is -0.195. The van der Waals surface area contributed by atoms with E-state index in [1.54, 1.807) is 10.4 Å². The Hall–Kier alpha value is -1.23. The van der Waals surface area contributed by atoms with E-state index in [0.29, 0.717) is 12.2 Å². The predicted octanol–water partition coefficient (Wildman–Crippen LogP) is 2.29. The third-order valence-corrected chi connectivity index (χ3v) is 6.52. The average molecular weight is 280 g/mol. The summed E-state index contributed by atoms with van der Waals surface area (Å²) < 4.78 is 27.1. The molecule has 1 saturated carbocycles. The van der Waals surface area contributed by atoms with Gasteiger partial charge < -0.3 is 5.73 Å². The van der Waals surface area contributed by atoms with Crippen molar-refractivity contribution >= 4 is 21.4 Å². The average Bonchev–Trinajstić information content (AvgIpc) is 2.92. The number of fused-ring (bicyclic) bond motifs is 1. The fraction of sp³-hybridized carbons (Fsp3) is 0.571. The molecule has 0 unspecified atom stereocenters. The lowest BCUT2D eigenvalue weighted by Gasteiger charge is -2.32. The number of nitrogens with zero attached hydrogens (tertiary/aromatic N) is 1. The number of benzene rings is 1. The van der Waals surface area contributed by atoms with Gasteiger partial charge in [0.05, 0.1) is 10.9 Å². The van der Waals surface area contributed by atoms with Crippen molar-refractivity contribution < 1.29 is 8.42 Å². The molecule has 1 aromatic carbocycles. The number of hydrogen-bond acceptors (Lipinski definition) is 3. The van der Waals surface area contributed by atoms with Crippen LogP contribution < -0.4 is 10.0 Å². The summed E-state index contributed by atoms with van der Waals surface area (Å²) in [4.78, 5) is 0. The summed E-state index contributed by atoms with van der Waals surface area (Å²) in [5.74, 6) is 0. The maximum atomic E-state index is 12.7. The highest BCUT2D eigenvalue weighted by atomic mass is 32.2. The second kappa shape index (κ2) is 4.71. The number of sulfonamides is 1. The second-order valence-electron chi connectivity index (χ2n) is 5.52. The van der Waals surface area contributed by atoms with Gasteiger partial charge in [-0.15, -0.1) is 0 Å². The van der Waals surface area contributed by atoms with Crippen molar-refractivity contribution in [2.75, 3.05) is 16.6 Å². The van der Waals surface area contributed by atoms with E-state index in [1.807, 2.05) is 12.1 Å². The lowest BCUT2D eigenvalue weighted by Crippen LogP contribution is -2.40. The molecule has 5 heteroatoms. The normalized spacial score (nSPS) is 20.5. The van der Waals surface area contributed by atoms with E-state index in [2.05, 4.69) is 0 Å². The van der Waals surface area contributed by atoms with E-state index in [1.165, 1.54) is 0 Å². The quantitative estimate of drug-likeness (QED) is 0.845. The molecule has 1 heterocycles. The molecule has 1 aromatic rings. The van der Waals surface area contributed by atoms with E-state index in [0.717, 1.165) is 49.8 Å². The topological polar surface area (TPSA) is 63.4 Å². The van der Waals surface area contributed by atoms with Crippen LogP contribution in [0.1, 0.15) is 37.7 Å². The van der Waals surface area contributed by atoms with Crippen molar-refractivity contribution in [2.24, 2.45) is 0 Å². The highest BCUT2D eigenvalue weighted by molar-refractivity contribution is 7.93. The van der Waals surface area contributed by atoms with Gasteiger partial charge in [-0.25, -0.2) is 8.42 Å². The molecule has 104 valence electrons. The van der Waals surface area contributed by atoms with Gasteiger partial charge in [0, 0.05) is 12.2 Å². The van der Waals surface area contributed by atoms with Gasteiger partial charge in [0.1, 0.15) is 0 Å². The van der Waals surface area contributed by atoms with E-state index < -0.39 is 10.0 Å².